The predicted molar refractivity (Wildman–Crippen MR) is 113 cm³/mol. The van der Waals surface area contributed by atoms with Crippen LogP contribution in [0.1, 0.15) is 61.9 Å². The fraction of sp³-hybridized carbons (Fsp3) is 0.435. The quantitative estimate of drug-likeness (QED) is 0.669. The number of amides is 1. The predicted octanol–water partition coefficient (Wildman–Crippen LogP) is 4.83. The second kappa shape index (κ2) is 10.0. The van der Waals surface area contributed by atoms with Gasteiger partial charge < -0.3 is 10.2 Å². The van der Waals surface area contributed by atoms with Gasteiger partial charge in [-0.1, -0.05) is 42.0 Å². The number of allylic oxidation sites excluding steroid dienone is 1. The van der Waals surface area contributed by atoms with E-state index in [1.54, 1.807) is 12.4 Å². The van der Waals surface area contributed by atoms with Crippen molar-refractivity contribution in [3.63, 3.8) is 0 Å². The lowest BCUT2D eigenvalue weighted by Crippen LogP contribution is -2.36. The molecule has 0 saturated heterocycles. The van der Waals surface area contributed by atoms with Crippen LogP contribution in [0, 0.1) is 0 Å². The van der Waals surface area contributed by atoms with Gasteiger partial charge in [-0.3, -0.25) is 4.79 Å². The molecule has 0 unspecified atom stereocenters. The summed E-state index contributed by atoms with van der Waals surface area (Å²) in [4.78, 5) is 23.5. The standard InChI is InChI=1S/C23H30N4O/c1-18(2)27(17-20-11-7-4-8-12-20)22(28)21-15-25-23(26-16-21)24-14-13-19-9-5-3-6-10-19/h4,7-9,11-12,15-16,18H,3,5-6,10,13-14,17H2,1-2H3,(H,24,25,26). The molecule has 28 heavy (non-hydrogen) atoms. The van der Waals surface area contributed by atoms with E-state index in [1.165, 1.54) is 31.3 Å². The van der Waals surface area contributed by atoms with Gasteiger partial charge in [0, 0.05) is 31.5 Å². The van der Waals surface area contributed by atoms with Crippen molar-refractivity contribution in [1.29, 1.82) is 0 Å². The van der Waals surface area contributed by atoms with Crippen molar-refractivity contribution in [2.45, 2.75) is 58.5 Å². The smallest absolute Gasteiger partial charge is 0.257 e. The Hall–Kier alpha value is -2.69. The van der Waals surface area contributed by atoms with Crippen LogP contribution >= 0.6 is 0 Å². The van der Waals surface area contributed by atoms with Crippen LogP contribution in [0.2, 0.25) is 0 Å². The molecular formula is C23H30N4O. The molecule has 1 aromatic heterocycles. The molecule has 3 rings (SSSR count). The first-order valence-corrected chi connectivity index (χ1v) is 10.2. The van der Waals surface area contributed by atoms with Crippen LogP contribution in [-0.4, -0.2) is 33.4 Å². The monoisotopic (exact) mass is 378 g/mol. The van der Waals surface area contributed by atoms with E-state index in [4.69, 9.17) is 0 Å². The van der Waals surface area contributed by atoms with Crippen LogP contribution in [0.25, 0.3) is 0 Å². The van der Waals surface area contributed by atoms with Gasteiger partial charge in [0.15, 0.2) is 0 Å². The number of benzene rings is 1. The van der Waals surface area contributed by atoms with Crippen molar-refractivity contribution in [1.82, 2.24) is 14.9 Å². The summed E-state index contributed by atoms with van der Waals surface area (Å²) in [5, 5.41) is 3.26. The first kappa shape index (κ1) is 20.1. The van der Waals surface area contributed by atoms with Crippen molar-refractivity contribution in [2.75, 3.05) is 11.9 Å². The number of nitrogens with zero attached hydrogens (tertiary/aromatic N) is 3. The SMILES string of the molecule is CC(C)N(Cc1ccccc1)C(=O)c1cnc(NCCC2=CCCCC2)nc1. The zero-order chi connectivity index (χ0) is 19.8. The Morgan fingerprint density at radius 2 is 1.89 bits per heavy atom. The molecule has 1 aromatic carbocycles. The van der Waals surface area contributed by atoms with Gasteiger partial charge in [0.2, 0.25) is 5.95 Å². The van der Waals surface area contributed by atoms with Gasteiger partial charge in [-0.2, -0.15) is 0 Å². The topological polar surface area (TPSA) is 58.1 Å². The summed E-state index contributed by atoms with van der Waals surface area (Å²) in [7, 11) is 0. The van der Waals surface area contributed by atoms with Gasteiger partial charge in [-0.25, -0.2) is 9.97 Å². The number of carbonyl (C=O) groups is 1. The molecule has 148 valence electrons. The summed E-state index contributed by atoms with van der Waals surface area (Å²) in [5.41, 5.74) is 3.16. The van der Waals surface area contributed by atoms with Crippen LogP contribution in [0.5, 0.6) is 0 Å². The molecule has 0 fully saturated rings. The highest BCUT2D eigenvalue weighted by molar-refractivity contribution is 5.93. The molecule has 1 N–H and O–H groups in total. The molecule has 0 bridgehead atoms. The molecule has 0 atom stereocenters. The molecule has 2 aromatic rings. The number of hydrogen-bond donors (Lipinski definition) is 1. The minimum atomic E-state index is -0.0437. The average molecular weight is 379 g/mol. The van der Waals surface area contributed by atoms with Crippen molar-refractivity contribution >= 4 is 11.9 Å². The molecule has 0 spiro atoms. The van der Waals surface area contributed by atoms with Gasteiger partial charge in [0.05, 0.1) is 5.56 Å². The van der Waals surface area contributed by atoms with E-state index in [2.05, 4.69) is 21.4 Å². The maximum absolute atomic E-state index is 12.9. The highest BCUT2D eigenvalue weighted by Gasteiger charge is 2.20. The largest absolute Gasteiger partial charge is 0.354 e. The molecule has 5 heteroatoms. The van der Waals surface area contributed by atoms with E-state index in [1.807, 2.05) is 49.1 Å². The summed E-state index contributed by atoms with van der Waals surface area (Å²) in [5.74, 6) is 0.532. The van der Waals surface area contributed by atoms with Crippen LogP contribution in [-0.2, 0) is 6.54 Å². The van der Waals surface area contributed by atoms with E-state index in [9.17, 15) is 4.79 Å². The minimum absolute atomic E-state index is 0.0437. The maximum atomic E-state index is 12.9. The van der Waals surface area contributed by atoms with Crippen molar-refractivity contribution < 1.29 is 4.79 Å². The summed E-state index contributed by atoms with van der Waals surface area (Å²) < 4.78 is 0. The second-order valence-corrected chi connectivity index (χ2v) is 7.59. The third kappa shape index (κ3) is 5.65. The van der Waals surface area contributed by atoms with E-state index < -0.39 is 0 Å². The fourth-order valence-corrected chi connectivity index (χ4v) is 3.43. The number of rotatable bonds is 8. The Morgan fingerprint density at radius 1 is 1.14 bits per heavy atom. The lowest BCUT2D eigenvalue weighted by molar-refractivity contribution is 0.0689. The molecule has 5 nitrogen and oxygen atoms in total. The van der Waals surface area contributed by atoms with Crippen LogP contribution in [0.15, 0.2) is 54.4 Å². The number of carbonyl (C=O) groups excluding carboxylic acids is 1. The molecular weight excluding hydrogens is 348 g/mol. The fourth-order valence-electron chi connectivity index (χ4n) is 3.43. The lowest BCUT2D eigenvalue weighted by Gasteiger charge is -2.26. The Labute approximate surface area is 167 Å². The van der Waals surface area contributed by atoms with Crippen LogP contribution in [0.4, 0.5) is 5.95 Å². The minimum Gasteiger partial charge on any atom is -0.354 e. The molecule has 1 heterocycles. The van der Waals surface area contributed by atoms with Crippen molar-refractivity contribution in [3.8, 4) is 0 Å². The highest BCUT2D eigenvalue weighted by atomic mass is 16.2. The molecule has 0 radical (unpaired) electrons. The zero-order valence-electron chi connectivity index (χ0n) is 16.9. The van der Waals surface area contributed by atoms with E-state index in [0.717, 1.165) is 18.5 Å². The lowest BCUT2D eigenvalue weighted by atomic mass is 9.97. The maximum Gasteiger partial charge on any atom is 0.257 e. The number of hydrogen-bond acceptors (Lipinski definition) is 4. The molecule has 1 amide bonds. The van der Waals surface area contributed by atoms with Gasteiger partial charge in [-0.15, -0.1) is 0 Å². The Kier molecular flexibility index (Phi) is 7.18. The number of nitrogens with one attached hydrogen (secondary N) is 1. The van der Waals surface area contributed by atoms with E-state index in [0.29, 0.717) is 18.1 Å². The van der Waals surface area contributed by atoms with Crippen molar-refractivity contribution in [2.24, 2.45) is 0 Å². The third-order valence-electron chi connectivity index (χ3n) is 5.09. The van der Waals surface area contributed by atoms with Crippen LogP contribution in [0.3, 0.4) is 0 Å². The summed E-state index contributed by atoms with van der Waals surface area (Å²) in [6.07, 6.45) is 11.7. The molecule has 1 aliphatic carbocycles. The first-order chi connectivity index (χ1) is 13.6. The van der Waals surface area contributed by atoms with E-state index in [-0.39, 0.29) is 11.9 Å². The summed E-state index contributed by atoms with van der Waals surface area (Å²) in [6, 6.07) is 10.1. The number of anilines is 1. The van der Waals surface area contributed by atoms with Gasteiger partial charge >= 0.3 is 0 Å². The van der Waals surface area contributed by atoms with Gasteiger partial charge in [0.1, 0.15) is 0 Å². The number of aromatic nitrogens is 2. The van der Waals surface area contributed by atoms with Gasteiger partial charge in [-0.05, 0) is 51.5 Å². The first-order valence-electron chi connectivity index (χ1n) is 10.2. The Morgan fingerprint density at radius 3 is 2.54 bits per heavy atom. The second-order valence-electron chi connectivity index (χ2n) is 7.59. The Bertz CT molecular complexity index is 784. The summed E-state index contributed by atoms with van der Waals surface area (Å²) in [6.45, 7) is 5.45. The van der Waals surface area contributed by atoms with Crippen LogP contribution < -0.4 is 5.32 Å². The average Bonchev–Trinajstić information content (AvgIpc) is 2.73. The zero-order valence-corrected chi connectivity index (χ0v) is 16.9. The molecule has 0 aliphatic heterocycles. The van der Waals surface area contributed by atoms with Crippen molar-refractivity contribution in [3.05, 3.63) is 65.5 Å². The third-order valence-corrected chi connectivity index (χ3v) is 5.09. The Balaban J connectivity index is 1.57. The molecule has 0 saturated carbocycles. The molecule has 1 aliphatic rings. The summed E-state index contributed by atoms with van der Waals surface area (Å²) >= 11 is 0. The normalized spacial score (nSPS) is 13.9. The van der Waals surface area contributed by atoms with Gasteiger partial charge in [0.25, 0.3) is 5.91 Å². The van der Waals surface area contributed by atoms with E-state index >= 15 is 0 Å². The highest BCUT2D eigenvalue weighted by Crippen LogP contribution is 2.20.